The molecule has 0 amide bonds. The summed E-state index contributed by atoms with van der Waals surface area (Å²) in [5.41, 5.74) is 1.31. The Morgan fingerprint density at radius 3 is 2.55 bits per heavy atom. The number of benzene rings is 1. The minimum atomic E-state index is -0.333. The Labute approximate surface area is 119 Å². The molecule has 2 rings (SSSR count). The lowest BCUT2D eigenvalue weighted by Crippen LogP contribution is -2.16. The first-order chi connectivity index (χ1) is 9.38. The minimum absolute atomic E-state index is 0.0873. The molecule has 0 radical (unpaired) electrons. The van der Waals surface area contributed by atoms with Crippen molar-refractivity contribution in [1.82, 2.24) is 4.98 Å². The quantitative estimate of drug-likeness (QED) is 0.916. The Bertz CT molecular complexity index is 632. The molecule has 1 heterocycles. The molecule has 1 N–H and O–H groups in total. The van der Waals surface area contributed by atoms with Gasteiger partial charge in [-0.25, -0.2) is 9.37 Å². The van der Waals surface area contributed by atoms with Crippen LogP contribution in [-0.2, 0) is 5.41 Å². The smallest absolute Gasteiger partial charge is 0.149 e. The predicted molar refractivity (Wildman–Crippen MR) is 81.1 cm³/mol. The van der Waals surface area contributed by atoms with E-state index in [4.69, 9.17) is 4.74 Å². The van der Waals surface area contributed by atoms with Gasteiger partial charge >= 0.3 is 0 Å². The summed E-state index contributed by atoms with van der Waals surface area (Å²) >= 11 is 0. The van der Waals surface area contributed by atoms with E-state index in [1.165, 1.54) is 6.07 Å². The number of fused-ring (bicyclic) bond motifs is 1. The molecule has 108 valence electrons. The van der Waals surface area contributed by atoms with Crippen LogP contribution < -0.4 is 10.1 Å². The fourth-order valence-electron chi connectivity index (χ4n) is 2.25. The van der Waals surface area contributed by atoms with Crippen LogP contribution in [0.15, 0.2) is 18.2 Å². The molecule has 0 aliphatic rings. The SMILES string of the molecule is CCNc1nc2c(F)ccc(OC)c2cc1C(C)(C)C. The maximum Gasteiger partial charge on any atom is 0.149 e. The number of pyridine rings is 1. The fourth-order valence-corrected chi connectivity index (χ4v) is 2.25. The highest BCUT2D eigenvalue weighted by Crippen LogP contribution is 2.35. The molecule has 0 atom stereocenters. The highest BCUT2D eigenvalue weighted by molar-refractivity contribution is 5.88. The normalized spacial score (nSPS) is 11.7. The molecule has 1 aromatic carbocycles. The number of anilines is 1. The zero-order valence-electron chi connectivity index (χ0n) is 12.7. The Balaban J connectivity index is 2.81. The van der Waals surface area contributed by atoms with Crippen LogP contribution in [0.25, 0.3) is 10.9 Å². The number of hydrogen-bond donors (Lipinski definition) is 1. The van der Waals surface area contributed by atoms with Crippen molar-refractivity contribution in [3.63, 3.8) is 0 Å². The largest absolute Gasteiger partial charge is 0.496 e. The zero-order chi connectivity index (χ0) is 14.9. The van der Waals surface area contributed by atoms with Gasteiger partial charge in [0, 0.05) is 17.5 Å². The van der Waals surface area contributed by atoms with Gasteiger partial charge in [0.05, 0.1) is 7.11 Å². The first kappa shape index (κ1) is 14.6. The van der Waals surface area contributed by atoms with Crippen molar-refractivity contribution in [2.75, 3.05) is 19.0 Å². The molecule has 2 aromatic rings. The van der Waals surface area contributed by atoms with Crippen molar-refractivity contribution in [1.29, 1.82) is 0 Å². The van der Waals surface area contributed by atoms with Gasteiger partial charge in [0.2, 0.25) is 0 Å². The second-order valence-corrected chi connectivity index (χ2v) is 5.81. The van der Waals surface area contributed by atoms with Gasteiger partial charge < -0.3 is 10.1 Å². The molecule has 20 heavy (non-hydrogen) atoms. The summed E-state index contributed by atoms with van der Waals surface area (Å²) < 4.78 is 19.3. The lowest BCUT2D eigenvalue weighted by molar-refractivity contribution is 0.419. The summed E-state index contributed by atoms with van der Waals surface area (Å²) in [4.78, 5) is 4.47. The molecular weight excluding hydrogens is 255 g/mol. The van der Waals surface area contributed by atoms with Crippen molar-refractivity contribution in [2.45, 2.75) is 33.1 Å². The number of nitrogens with one attached hydrogen (secondary N) is 1. The molecule has 1 aromatic heterocycles. The monoisotopic (exact) mass is 276 g/mol. The summed E-state index contributed by atoms with van der Waals surface area (Å²) in [6.07, 6.45) is 0. The highest BCUT2D eigenvalue weighted by atomic mass is 19.1. The Kier molecular flexibility index (Phi) is 3.84. The van der Waals surface area contributed by atoms with Gasteiger partial charge in [0.25, 0.3) is 0 Å². The topological polar surface area (TPSA) is 34.2 Å². The molecule has 3 nitrogen and oxygen atoms in total. The van der Waals surface area contributed by atoms with Crippen LogP contribution in [0.2, 0.25) is 0 Å². The van der Waals surface area contributed by atoms with Crippen molar-refractivity contribution in [3.05, 3.63) is 29.6 Å². The molecule has 0 aliphatic heterocycles. The van der Waals surface area contributed by atoms with E-state index < -0.39 is 0 Å². The summed E-state index contributed by atoms with van der Waals surface area (Å²) in [6, 6.07) is 5.00. The average molecular weight is 276 g/mol. The Hall–Kier alpha value is -1.84. The molecular formula is C16H21FN2O. The molecule has 0 spiro atoms. The predicted octanol–water partition coefficient (Wildman–Crippen LogP) is 4.11. The summed E-state index contributed by atoms with van der Waals surface area (Å²) in [5, 5.41) is 3.93. The van der Waals surface area contributed by atoms with E-state index in [2.05, 4.69) is 31.1 Å². The third kappa shape index (κ3) is 2.55. The number of methoxy groups -OCH3 is 1. The van der Waals surface area contributed by atoms with Crippen LogP contribution in [0.1, 0.15) is 33.3 Å². The fraction of sp³-hybridized carbons (Fsp3) is 0.438. The van der Waals surface area contributed by atoms with E-state index >= 15 is 0 Å². The summed E-state index contributed by atoms with van der Waals surface area (Å²) in [7, 11) is 1.58. The lowest BCUT2D eigenvalue weighted by Gasteiger charge is -2.23. The number of hydrogen-bond acceptors (Lipinski definition) is 3. The van der Waals surface area contributed by atoms with Gasteiger partial charge in [-0.15, -0.1) is 0 Å². The molecule has 0 bridgehead atoms. The number of aromatic nitrogens is 1. The van der Waals surface area contributed by atoms with Crippen LogP contribution in [0, 0.1) is 5.82 Å². The maximum atomic E-state index is 14.0. The van der Waals surface area contributed by atoms with Crippen LogP contribution in [0.3, 0.4) is 0 Å². The van der Waals surface area contributed by atoms with E-state index in [-0.39, 0.29) is 11.2 Å². The molecule has 0 fully saturated rings. The van der Waals surface area contributed by atoms with Crippen molar-refractivity contribution in [3.8, 4) is 5.75 Å². The first-order valence-electron chi connectivity index (χ1n) is 6.80. The van der Waals surface area contributed by atoms with Crippen molar-refractivity contribution < 1.29 is 9.13 Å². The maximum absolute atomic E-state index is 14.0. The number of ether oxygens (including phenoxy) is 1. The van der Waals surface area contributed by atoms with Gasteiger partial charge in [0.1, 0.15) is 22.9 Å². The van der Waals surface area contributed by atoms with Crippen LogP contribution in [-0.4, -0.2) is 18.6 Å². The zero-order valence-corrected chi connectivity index (χ0v) is 12.7. The highest BCUT2D eigenvalue weighted by Gasteiger charge is 2.21. The van der Waals surface area contributed by atoms with Gasteiger partial charge in [-0.05, 0) is 30.5 Å². The van der Waals surface area contributed by atoms with E-state index in [1.54, 1.807) is 13.2 Å². The third-order valence-corrected chi connectivity index (χ3v) is 3.27. The minimum Gasteiger partial charge on any atom is -0.496 e. The number of halogens is 1. The van der Waals surface area contributed by atoms with Gasteiger partial charge in [-0.3, -0.25) is 0 Å². The third-order valence-electron chi connectivity index (χ3n) is 3.27. The van der Waals surface area contributed by atoms with Gasteiger partial charge in [-0.2, -0.15) is 0 Å². The molecule has 0 saturated heterocycles. The lowest BCUT2D eigenvalue weighted by atomic mass is 9.86. The first-order valence-corrected chi connectivity index (χ1v) is 6.80. The number of rotatable bonds is 3. The second kappa shape index (κ2) is 5.27. The van der Waals surface area contributed by atoms with E-state index in [0.717, 1.165) is 17.9 Å². The Morgan fingerprint density at radius 2 is 2.00 bits per heavy atom. The summed E-state index contributed by atoms with van der Waals surface area (Å²) in [6.45, 7) is 9.08. The van der Waals surface area contributed by atoms with Gasteiger partial charge in [0.15, 0.2) is 0 Å². The molecule has 4 heteroatoms. The van der Waals surface area contributed by atoms with E-state index in [9.17, 15) is 4.39 Å². The summed E-state index contributed by atoms with van der Waals surface area (Å²) in [5.74, 6) is 1.04. The molecule has 0 unspecified atom stereocenters. The van der Waals surface area contributed by atoms with Crippen LogP contribution in [0.5, 0.6) is 5.75 Å². The number of nitrogens with zero attached hydrogens (tertiary/aromatic N) is 1. The van der Waals surface area contributed by atoms with Crippen LogP contribution in [0.4, 0.5) is 10.2 Å². The average Bonchev–Trinajstić information content (AvgIpc) is 2.38. The van der Waals surface area contributed by atoms with Crippen LogP contribution >= 0.6 is 0 Å². The second-order valence-electron chi connectivity index (χ2n) is 5.81. The molecule has 0 saturated carbocycles. The van der Waals surface area contributed by atoms with Crippen molar-refractivity contribution in [2.24, 2.45) is 0 Å². The standard InChI is InChI=1S/C16H21FN2O/c1-6-18-15-11(16(2,3)4)9-10-13(20-5)8-7-12(17)14(10)19-15/h7-9H,6H2,1-5H3,(H,18,19). The van der Waals surface area contributed by atoms with Gasteiger partial charge in [-0.1, -0.05) is 20.8 Å². The van der Waals surface area contributed by atoms with E-state index in [1.807, 2.05) is 13.0 Å². The van der Waals surface area contributed by atoms with E-state index in [0.29, 0.717) is 16.7 Å². The Morgan fingerprint density at radius 1 is 1.30 bits per heavy atom. The molecule has 0 aliphatic carbocycles. The van der Waals surface area contributed by atoms with Crippen molar-refractivity contribution >= 4 is 16.7 Å².